The maximum Gasteiger partial charge on any atom is 0.249 e. The van der Waals surface area contributed by atoms with Gasteiger partial charge in [0.15, 0.2) is 0 Å². The molecule has 0 spiro atoms. The van der Waals surface area contributed by atoms with E-state index in [2.05, 4.69) is 67.3 Å². The van der Waals surface area contributed by atoms with Crippen LogP contribution in [0.15, 0.2) is 97.2 Å². The molecule has 3 N–H and O–H groups in total. The Hall–Kier alpha value is -3.26. The second kappa shape index (κ2) is 26.6. The molecule has 0 aliphatic carbocycles. The molecule has 7 nitrogen and oxygen atoms in total. The van der Waals surface area contributed by atoms with Crippen LogP contribution in [0.4, 0.5) is 0 Å². The Morgan fingerprint density at radius 3 is 2.31 bits per heavy atom. The van der Waals surface area contributed by atoms with Crippen molar-refractivity contribution in [3.8, 4) is 0 Å². The molecule has 1 aliphatic rings. The number of nitrogens with zero attached hydrogens (tertiary/aromatic N) is 2. The Bertz CT molecular complexity index is 959. The Morgan fingerprint density at radius 2 is 1.76 bits per heavy atom. The molecule has 2 atom stereocenters. The van der Waals surface area contributed by atoms with Crippen LogP contribution in [-0.4, -0.2) is 71.6 Å². The maximum atomic E-state index is 13.2. The summed E-state index contributed by atoms with van der Waals surface area (Å²) in [7, 11) is 0. The first kappa shape index (κ1) is 40.9. The van der Waals surface area contributed by atoms with E-state index in [1.165, 1.54) is 5.57 Å². The second-order valence-corrected chi connectivity index (χ2v) is 9.33. The number of unbranched alkanes of at least 4 members (excludes halogenated alkanes) is 1. The summed E-state index contributed by atoms with van der Waals surface area (Å²) in [5, 5.41) is 11.9. The van der Waals surface area contributed by atoms with Crippen LogP contribution in [-0.2, 0) is 9.59 Å². The molecule has 0 aromatic heterocycles. The van der Waals surface area contributed by atoms with Crippen LogP contribution >= 0.6 is 0 Å². The molecule has 1 unspecified atom stereocenters. The van der Waals surface area contributed by atoms with Crippen LogP contribution in [0, 0.1) is 0 Å². The molecule has 0 aromatic carbocycles. The third kappa shape index (κ3) is 15.7. The predicted molar refractivity (Wildman–Crippen MR) is 180 cm³/mol. The first-order valence-electron chi connectivity index (χ1n) is 15.1. The Morgan fingerprint density at radius 1 is 1.07 bits per heavy atom. The molecule has 0 radical (unpaired) electrons. The lowest BCUT2D eigenvalue weighted by Gasteiger charge is -2.46. The predicted octanol–water partition coefficient (Wildman–Crippen LogP) is 6.69. The van der Waals surface area contributed by atoms with Gasteiger partial charge in [0.25, 0.3) is 0 Å². The highest BCUT2D eigenvalue weighted by Gasteiger charge is 2.35. The molecule has 1 saturated heterocycles. The molecule has 42 heavy (non-hydrogen) atoms. The highest BCUT2D eigenvalue weighted by molar-refractivity contribution is 5.93. The highest BCUT2D eigenvalue weighted by atomic mass is 16.5. The Balaban J connectivity index is 0. The molecule has 1 fully saturated rings. The summed E-state index contributed by atoms with van der Waals surface area (Å²) in [4.78, 5) is 29.7. The number of hydrogen-bond acceptors (Lipinski definition) is 5. The fourth-order valence-electron chi connectivity index (χ4n) is 4.57. The molecule has 236 valence electrons. The number of hydroxylamine groups is 1. The largest absolute Gasteiger partial charge is 0.353 e. The van der Waals surface area contributed by atoms with E-state index < -0.39 is 0 Å². The summed E-state index contributed by atoms with van der Waals surface area (Å²) in [6.45, 7) is 25.8. The molecule has 0 bridgehead atoms. The van der Waals surface area contributed by atoms with Crippen LogP contribution in [0.3, 0.4) is 0 Å². The van der Waals surface area contributed by atoms with E-state index in [0.717, 1.165) is 24.8 Å². The van der Waals surface area contributed by atoms with Gasteiger partial charge in [-0.2, -0.15) is 5.48 Å². The first-order valence-corrected chi connectivity index (χ1v) is 15.1. The van der Waals surface area contributed by atoms with Gasteiger partial charge in [-0.05, 0) is 46.1 Å². The van der Waals surface area contributed by atoms with E-state index in [4.69, 9.17) is 5.21 Å². The van der Waals surface area contributed by atoms with E-state index in [1.54, 1.807) is 6.08 Å². The zero-order valence-electron chi connectivity index (χ0n) is 27.4. The number of piperazine rings is 1. The molecule has 1 heterocycles. The van der Waals surface area contributed by atoms with Gasteiger partial charge in [0.05, 0.1) is 6.54 Å². The first-order chi connectivity index (χ1) is 20.4. The lowest BCUT2D eigenvalue weighted by Crippen LogP contribution is -2.61. The molecule has 0 saturated carbocycles. The van der Waals surface area contributed by atoms with Gasteiger partial charge in [-0.3, -0.25) is 14.5 Å². The van der Waals surface area contributed by atoms with Gasteiger partial charge in [0, 0.05) is 43.8 Å². The standard InChI is InChI=1S/C31H48N4O3.C2H6.C2H4/c1-7-12-16-25(6)31(37)34-19-20-35(28(24-34)22-32-30(36)23-33-38)29(27(11-5)18-14-9-3)21-26(15-10-4)17-13-8-2;2*1-2/h7,9-12,14-18,28-29,33,38H,3,8,13,19-24H2,1-2,4-6H3,(H,32,36);1-2H3;1-2H2/b12-7-,15-10-,18-14-,25-16+,26-17+,27-11+;;/t28?,29-;;/m1../s1. The number of carbonyl (C=O) groups is 2. The van der Waals surface area contributed by atoms with Gasteiger partial charge < -0.3 is 15.4 Å². The van der Waals surface area contributed by atoms with E-state index in [1.807, 2.05) is 76.2 Å². The number of nitrogens with one attached hydrogen (secondary N) is 2. The SMILES string of the molecule is C=C.C=C/C=C\C(=C/C)[C@@H](CC(/C=C\C)=C/CCC)N1CCN(C(=O)/C(C)=C/C=C\C)CC1CNC(=O)CNO.CC. The van der Waals surface area contributed by atoms with Gasteiger partial charge in [-0.1, -0.05) is 100 Å². The minimum absolute atomic E-state index is 0.00269. The third-order valence-electron chi connectivity index (χ3n) is 6.51. The zero-order chi connectivity index (χ0) is 32.3. The van der Waals surface area contributed by atoms with Crippen molar-refractivity contribution in [2.24, 2.45) is 0 Å². The number of hydrogen-bond donors (Lipinski definition) is 3. The fraction of sp³-hybridized carbons (Fsp3) is 0.486. The van der Waals surface area contributed by atoms with Crippen LogP contribution in [0.1, 0.15) is 67.7 Å². The van der Waals surface area contributed by atoms with E-state index >= 15 is 0 Å². The molecule has 2 amide bonds. The molecule has 1 rings (SSSR count). The molecule has 1 aliphatic heterocycles. The Kier molecular flexibility index (Phi) is 25.9. The van der Waals surface area contributed by atoms with E-state index in [-0.39, 0.29) is 30.4 Å². The summed E-state index contributed by atoms with van der Waals surface area (Å²) in [5.74, 6) is -0.297. The average Bonchev–Trinajstić information content (AvgIpc) is 3.02. The van der Waals surface area contributed by atoms with Gasteiger partial charge in [0.1, 0.15) is 0 Å². The van der Waals surface area contributed by atoms with Crippen molar-refractivity contribution < 1.29 is 14.8 Å². The van der Waals surface area contributed by atoms with E-state index in [0.29, 0.717) is 31.8 Å². The van der Waals surface area contributed by atoms with Gasteiger partial charge in [-0.15, -0.1) is 13.2 Å². The van der Waals surface area contributed by atoms with Crippen molar-refractivity contribution in [1.29, 1.82) is 0 Å². The number of allylic oxidation sites excluding steroid dienone is 9. The van der Waals surface area contributed by atoms with Crippen LogP contribution in [0.25, 0.3) is 0 Å². The zero-order valence-corrected chi connectivity index (χ0v) is 27.4. The number of rotatable bonds is 15. The fourth-order valence-corrected chi connectivity index (χ4v) is 4.57. The van der Waals surface area contributed by atoms with E-state index in [9.17, 15) is 9.59 Å². The molecular weight excluding hydrogens is 524 g/mol. The van der Waals surface area contributed by atoms with Crippen molar-refractivity contribution in [3.63, 3.8) is 0 Å². The number of carbonyl (C=O) groups excluding carboxylic acids is 2. The maximum absolute atomic E-state index is 13.2. The lowest BCUT2D eigenvalue weighted by molar-refractivity contribution is -0.130. The van der Waals surface area contributed by atoms with Crippen molar-refractivity contribution >= 4 is 11.8 Å². The summed E-state index contributed by atoms with van der Waals surface area (Å²) < 4.78 is 0. The van der Waals surface area contributed by atoms with Crippen molar-refractivity contribution in [3.05, 3.63) is 97.2 Å². The van der Waals surface area contributed by atoms with Crippen LogP contribution < -0.4 is 10.8 Å². The molecule has 0 aromatic rings. The minimum atomic E-state index is -0.299. The molecule has 7 heteroatoms. The third-order valence-corrected chi connectivity index (χ3v) is 6.51. The summed E-state index contributed by atoms with van der Waals surface area (Å²) in [5.41, 5.74) is 5.02. The highest BCUT2D eigenvalue weighted by Crippen LogP contribution is 2.26. The van der Waals surface area contributed by atoms with Gasteiger partial charge >= 0.3 is 0 Å². The summed E-state index contributed by atoms with van der Waals surface area (Å²) in [6, 6.07) is -0.0646. The van der Waals surface area contributed by atoms with Crippen LogP contribution in [0.2, 0.25) is 0 Å². The molecular formula is C35H58N4O3. The average molecular weight is 583 g/mol. The normalized spacial score (nSPS) is 17.5. The monoisotopic (exact) mass is 582 g/mol. The van der Waals surface area contributed by atoms with Crippen molar-refractivity contribution in [2.75, 3.05) is 32.7 Å². The lowest BCUT2D eigenvalue weighted by atomic mass is 9.92. The summed E-state index contributed by atoms with van der Waals surface area (Å²) in [6.07, 6.45) is 23.0. The number of amides is 2. The second-order valence-electron chi connectivity index (χ2n) is 9.33. The van der Waals surface area contributed by atoms with Gasteiger partial charge in [-0.25, -0.2) is 0 Å². The van der Waals surface area contributed by atoms with Crippen molar-refractivity contribution in [2.45, 2.75) is 79.8 Å². The van der Waals surface area contributed by atoms with Crippen LogP contribution in [0.5, 0.6) is 0 Å². The van der Waals surface area contributed by atoms with Gasteiger partial charge in [0.2, 0.25) is 11.8 Å². The smallest absolute Gasteiger partial charge is 0.249 e. The quantitative estimate of drug-likeness (QED) is 0.0867. The van der Waals surface area contributed by atoms with Crippen molar-refractivity contribution in [1.82, 2.24) is 20.6 Å². The topological polar surface area (TPSA) is 84.9 Å². The summed E-state index contributed by atoms with van der Waals surface area (Å²) >= 11 is 0. The Labute approximate surface area is 256 Å². The minimum Gasteiger partial charge on any atom is -0.353 e.